The van der Waals surface area contributed by atoms with Crippen LogP contribution in [0.4, 0.5) is 16.2 Å². The molecule has 2 amide bonds. The van der Waals surface area contributed by atoms with Crippen LogP contribution in [0.15, 0.2) is 77.7 Å². The number of fused-ring (bicyclic) bond motifs is 1. The summed E-state index contributed by atoms with van der Waals surface area (Å²) in [6, 6.07) is 20.5. The molecule has 0 saturated heterocycles. The topological polar surface area (TPSA) is 66.9 Å². The fraction of sp³-hybridized carbons (Fsp3) is 0.240. The number of nitrogens with zero attached hydrogens (tertiary/aromatic N) is 2. The van der Waals surface area contributed by atoms with E-state index in [-0.39, 0.29) is 22.5 Å². The van der Waals surface area contributed by atoms with E-state index in [0.29, 0.717) is 11.4 Å². The fourth-order valence-electron chi connectivity index (χ4n) is 3.74. The normalized spacial score (nSPS) is 15.4. The monoisotopic (exact) mass is 450 g/mol. The minimum Gasteiger partial charge on any atom is -0.497 e. The van der Waals surface area contributed by atoms with Crippen LogP contribution in [0.2, 0.25) is 0 Å². The van der Waals surface area contributed by atoms with Crippen molar-refractivity contribution in [2.75, 3.05) is 16.3 Å². The largest absolute Gasteiger partial charge is 0.497 e. The third-order valence-corrected chi connectivity index (χ3v) is 7.28. The van der Waals surface area contributed by atoms with Gasteiger partial charge in [-0.15, -0.1) is 0 Å². The summed E-state index contributed by atoms with van der Waals surface area (Å²) in [5.41, 5.74) is 2.72. The molecule has 32 heavy (non-hydrogen) atoms. The highest BCUT2D eigenvalue weighted by Crippen LogP contribution is 2.38. The molecule has 4 rings (SSSR count). The number of urea groups is 1. The van der Waals surface area contributed by atoms with Gasteiger partial charge in [0.1, 0.15) is 10.6 Å². The van der Waals surface area contributed by atoms with Crippen molar-refractivity contribution in [3.8, 4) is 5.75 Å². The van der Waals surface area contributed by atoms with Gasteiger partial charge in [0.25, 0.3) is 10.0 Å². The Morgan fingerprint density at radius 3 is 2.25 bits per heavy atom. The van der Waals surface area contributed by atoms with Crippen molar-refractivity contribution in [2.24, 2.45) is 0 Å². The number of rotatable bonds is 4. The molecule has 7 heteroatoms. The Labute approximate surface area is 189 Å². The van der Waals surface area contributed by atoms with Crippen molar-refractivity contribution in [3.63, 3.8) is 0 Å². The quantitative estimate of drug-likeness (QED) is 0.539. The molecule has 0 radical (unpaired) electrons. The number of benzene rings is 3. The summed E-state index contributed by atoms with van der Waals surface area (Å²) in [5, 5.41) is 0. The van der Waals surface area contributed by atoms with Crippen LogP contribution in [0.5, 0.6) is 5.75 Å². The lowest BCUT2D eigenvalue weighted by Crippen LogP contribution is -2.50. The average Bonchev–Trinajstić information content (AvgIpc) is 2.76. The van der Waals surface area contributed by atoms with E-state index >= 15 is 0 Å². The van der Waals surface area contributed by atoms with Gasteiger partial charge in [-0.3, -0.25) is 4.90 Å². The van der Waals surface area contributed by atoms with E-state index in [0.717, 1.165) is 9.87 Å². The number of ether oxygens (including phenoxy) is 1. The second-order valence-corrected chi connectivity index (χ2v) is 10.5. The molecule has 0 bridgehead atoms. The zero-order chi connectivity index (χ0) is 23.1. The number of methoxy groups -OCH3 is 1. The number of hydrogen-bond acceptors (Lipinski definition) is 4. The second-order valence-electron chi connectivity index (χ2n) is 8.75. The van der Waals surface area contributed by atoms with Gasteiger partial charge in [-0.05, 0) is 40.8 Å². The van der Waals surface area contributed by atoms with Gasteiger partial charge in [-0.1, -0.05) is 63.2 Å². The standard InChI is InChI=1S/C25H26N2O4S/c1-25(2,3)19-14-12-18(13-15-19)17-26-22-10-5-6-11-23(22)32(29,30)27(24(26)28)20-8-7-9-21(16-20)31-4/h5-16H,17H2,1-4H3. The highest BCUT2D eigenvalue weighted by Gasteiger charge is 2.42. The van der Waals surface area contributed by atoms with Gasteiger partial charge in [0.15, 0.2) is 0 Å². The number of amides is 2. The first-order valence-corrected chi connectivity index (χ1v) is 11.8. The summed E-state index contributed by atoms with van der Waals surface area (Å²) in [7, 11) is -2.58. The first-order valence-electron chi connectivity index (χ1n) is 10.3. The van der Waals surface area contributed by atoms with Crippen LogP contribution in [-0.2, 0) is 22.0 Å². The van der Waals surface area contributed by atoms with E-state index in [9.17, 15) is 13.2 Å². The Hall–Kier alpha value is -3.32. The number of carbonyl (C=O) groups excluding carboxylic acids is 1. The van der Waals surface area contributed by atoms with Crippen molar-refractivity contribution in [2.45, 2.75) is 37.6 Å². The molecule has 6 nitrogen and oxygen atoms in total. The van der Waals surface area contributed by atoms with Crippen LogP contribution in [0, 0.1) is 0 Å². The molecule has 0 unspecified atom stereocenters. The van der Waals surface area contributed by atoms with Gasteiger partial charge in [0, 0.05) is 6.07 Å². The molecule has 0 saturated carbocycles. The molecule has 0 aliphatic carbocycles. The molecule has 0 spiro atoms. The molecule has 1 heterocycles. The lowest BCUT2D eigenvalue weighted by atomic mass is 9.87. The highest BCUT2D eigenvalue weighted by molar-refractivity contribution is 7.94. The second kappa shape index (κ2) is 7.98. The number of carbonyl (C=O) groups is 1. The molecule has 0 atom stereocenters. The number of sulfonamides is 1. The number of anilines is 2. The first-order chi connectivity index (χ1) is 15.1. The van der Waals surface area contributed by atoms with Crippen molar-refractivity contribution in [1.29, 1.82) is 0 Å². The molecular weight excluding hydrogens is 424 g/mol. The van der Waals surface area contributed by atoms with Crippen LogP contribution in [0.25, 0.3) is 0 Å². The minimum absolute atomic E-state index is 0.0172. The van der Waals surface area contributed by atoms with Gasteiger partial charge >= 0.3 is 6.03 Å². The Morgan fingerprint density at radius 2 is 1.59 bits per heavy atom. The molecule has 0 fully saturated rings. The van der Waals surface area contributed by atoms with E-state index in [2.05, 4.69) is 20.8 Å². The van der Waals surface area contributed by atoms with Gasteiger partial charge in [0.05, 0.1) is 25.0 Å². The van der Waals surface area contributed by atoms with Crippen LogP contribution < -0.4 is 13.9 Å². The minimum atomic E-state index is -4.07. The number of hydrogen-bond donors (Lipinski definition) is 0. The fourth-order valence-corrected chi connectivity index (χ4v) is 5.33. The average molecular weight is 451 g/mol. The smallest absolute Gasteiger partial charge is 0.343 e. The lowest BCUT2D eigenvalue weighted by molar-refractivity contribution is 0.253. The van der Waals surface area contributed by atoms with Crippen LogP contribution in [0.3, 0.4) is 0 Å². The van der Waals surface area contributed by atoms with Crippen LogP contribution >= 0.6 is 0 Å². The van der Waals surface area contributed by atoms with Crippen molar-refractivity contribution < 1.29 is 17.9 Å². The molecule has 0 aromatic heterocycles. The summed E-state index contributed by atoms with van der Waals surface area (Å²) in [6.07, 6.45) is 0. The van der Waals surface area contributed by atoms with E-state index < -0.39 is 16.1 Å². The highest BCUT2D eigenvalue weighted by atomic mass is 32.2. The Morgan fingerprint density at radius 1 is 0.906 bits per heavy atom. The van der Waals surface area contributed by atoms with Crippen molar-refractivity contribution in [1.82, 2.24) is 0 Å². The SMILES string of the molecule is COc1cccc(N2C(=O)N(Cc3ccc(C(C)(C)C)cc3)c3ccccc3S2(=O)=O)c1. The van der Waals surface area contributed by atoms with Gasteiger partial charge in [-0.25, -0.2) is 13.2 Å². The summed E-state index contributed by atoms with van der Waals surface area (Å²) < 4.78 is 32.9. The maximum atomic E-state index is 13.6. The van der Waals surface area contributed by atoms with Crippen molar-refractivity contribution >= 4 is 27.4 Å². The van der Waals surface area contributed by atoms with E-state index in [1.54, 1.807) is 42.5 Å². The summed E-state index contributed by atoms with van der Waals surface area (Å²) in [4.78, 5) is 15.2. The predicted octanol–water partition coefficient (Wildman–Crippen LogP) is 5.33. The van der Waals surface area contributed by atoms with E-state index in [1.807, 2.05) is 24.3 Å². The molecule has 1 aliphatic heterocycles. The Kier molecular flexibility index (Phi) is 5.46. The van der Waals surface area contributed by atoms with E-state index in [4.69, 9.17) is 4.74 Å². The summed E-state index contributed by atoms with van der Waals surface area (Å²) in [6.45, 7) is 6.67. The first kappa shape index (κ1) is 21.9. The third kappa shape index (κ3) is 3.84. The molecule has 3 aromatic rings. The molecule has 3 aromatic carbocycles. The van der Waals surface area contributed by atoms with Gasteiger partial charge < -0.3 is 4.74 Å². The molecule has 166 valence electrons. The third-order valence-electron chi connectivity index (χ3n) is 5.53. The number of para-hydroxylation sites is 1. The van der Waals surface area contributed by atoms with Crippen LogP contribution in [-0.4, -0.2) is 21.6 Å². The maximum absolute atomic E-state index is 13.6. The molecular formula is C25H26N2O4S. The lowest BCUT2D eigenvalue weighted by Gasteiger charge is -2.36. The molecule has 1 aliphatic rings. The molecule has 0 N–H and O–H groups in total. The van der Waals surface area contributed by atoms with Gasteiger partial charge in [0.2, 0.25) is 0 Å². The zero-order valence-electron chi connectivity index (χ0n) is 18.6. The Bertz CT molecular complexity index is 1260. The van der Waals surface area contributed by atoms with Crippen molar-refractivity contribution in [3.05, 3.63) is 83.9 Å². The summed E-state index contributed by atoms with van der Waals surface area (Å²) in [5.74, 6) is 0.466. The van der Waals surface area contributed by atoms with Crippen LogP contribution in [0.1, 0.15) is 31.9 Å². The zero-order valence-corrected chi connectivity index (χ0v) is 19.4. The van der Waals surface area contributed by atoms with Gasteiger partial charge in [-0.2, -0.15) is 4.31 Å². The van der Waals surface area contributed by atoms with E-state index in [1.165, 1.54) is 23.6 Å². The maximum Gasteiger partial charge on any atom is 0.343 e. The Balaban J connectivity index is 1.79. The predicted molar refractivity (Wildman–Crippen MR) is 126 cm³/mol. The summed E-state index contributed by atoms with van der Waals surface area (Å²) >= 11 is 0.